The number of rotatable bonds is 5. The molecule has 4 N–H and O–H groups in total. The average Bonchev–Trinajstić information content (AvgIpc) is 3.13. The Morgan fingerprint density at radius 1 is 1.00 bits per heavy atom. The van der Waals surface area contributed by atoms with Crippen LogP contribution in [-0.2, 0) is 6.42 Å². The van der Waals surface area contributed by atoms with Crippen molar-refractivity contribution >= 4 is 28.7 Å². The number of anilines is 5. The predicted octanol–water partition coefficient (Wildman–Crippen LogP) is 3.84. The van der Waals surface area contributed by atoms with Crippen molar-refractivity contribution in [2.24, 2.45) is 0 Å². The van der Waals surface area contributed by atoms with Crippen LogP contribution < -0.4 is 25.8 Å². The lowest BCUT2D eigenvalue weighted by Crippen LogP contribution is -2.06. The van der Waals surface area contributed by atoms with E-state index in [-0.39, 0.29) is 6.79 Å². The van der Waals surface area contributed by atoms with E-state index in [0.29, 0.717) is 23.1 Å². The summed E-state index contributed by atoms with van der Waals surface area (Å²) in [4.78, 5) is 8.53. The summed E-state index contributed by atoms with van der Waals surface area (Å²) in [7, 11) is 0. The number of ether oxygens (including phenoxy) is 2. The Morgan fingerprint density at radius 2 is 1.77 bits per heavy atom. The highest BCUT2D eigenvalue weighted by Crippen LogP contribution is 2.36. The number of hydrogen-bond acceptors (Lipinski definition) is 7. The Kier molecular flexibility index (Phi) is 4.18. The number of benzene rings is 2. The highest BCUT2D eigenvalue weighted by molar-refractivity contribution is 5.81. The lowest BCUT2D eigenvalue weighted by molar-refractivity contribution is 0.174. The summed E-state index contributed by atoms with van der Waals surface area (Å²) in [6.07, 6.45) is 2.39. The Balaban J connectivity index is 1.59. The lowest BCUT2D eigenvalue weighted by Gasteiger charge is -2.14. The predicted molar refractivity (Wildman–Crippen MR) is 101 cm³/mol. The number of nitrogens with two attached hydrogens (primary N) is 1. The molecule has 0 saturated carbocycles. The van der Waals surface area contributed by atoms with Gasteiger partial charge in [-0.2, -0.15) is 0 Å². The third-order valence-electron chi connectivity index (χ3n) is 4.17. The molecule has 0 bridgehead atoms. The van der Waals surface area contributed by atoms with Crippen LogP contribution in [0.2, 0.25) is 0 Å². The molecule has 0 atom stereocenters. The molecule has 7 heteroatoms. The van der Waals surface area contributed by atoms with Gasteiger partial charge in [-0.05, 0) is 30.2 Å². The molecule has 0 aliphatic carbocycles. The maximum absolute atomic E-state index is 6.28. The smallest absolute Gasteiger partial charge is 0.231 e. The molecule has 132 valence electrons. The summed E-state index contributed by atoms with van der Waals surface area (Å²) in [5.41, 5.74) is 9.69. The number of nitrogens with one attached hydrogen (secondary N) is 2. The van der Waals surface area contributed by atoms with Gasteiger partial charge in [0.2, 0.25) is 6.79 Å². The van der Waals surface area contributed by atoms with Crippen LogP contribution in [0.25, 0.3) is 0 Å². The molecule has 0 radical (unpaired) electrons. The molecule has 3 aromatic rings. The summed E-state index contributed by atoms with van der Waals surface area (Å²) >= 11 is 0. The van der Waals surface area contributed by atoms with E-state index >= 15 is 0 Å². The van der Waals surface area contributed by atoms with Gasteiger partial charge in [-0.25, -0.2) is 9.97 Å². The van der Waals surface area contributed by atoms with Crippen molar-refractivity contribution in [3.8, 4) is 11.5 Å². The van der Waals surface area contributed by atoms with E-state index in [1.165, 1.54) is 11.9 Å². The van der Waals surface area contributed by atoms with Crippen LogP contribution >= 0.6 is 0 Å². The van der Waals surface area contributed by atoms with Gasteiger partial charge < -0.3 is 25.8 Å². The summed E-state index contributed by atoms with van der Waals surface area (Å²) < 4.78 is 10.7. The quantitative estimate of drug-likeness (QED) is 0.644. The van der Waals surface area contributed by atoms with Crippen LogP contribution in [0, 0.1) is 0 Å². The molecule has 0 spiro atoms. The maximum atomic E-state index is 6.28. The molecule has 0 fully saturated rings. The van der Waals surface area contributed by atoms with Crippen molar-refractivity contribution in [1.82, 2.24) is 9.97 Å². The van der Waals surface area contributed by atoms with E-state index in [4.69, 9.17) is 15.2 Å². The van der Waals surface area contributed by atoms with Gasteiger partial charge in [0, 0.05) is 17.4 Å². The van der Waals surface area contributed by atoms with Crippen molar-refractivity contribution in [3.05, 3.63) is 54.4 Å². The zero-order valence-corrected chi connectivity index (χ0v) is 14.3. The third kappa shape index (κ3) is 3.06. The van der Waals surface area contributed by atoms with E-state index in [0.717, 1.165) is 23.5 Å². The van der Waals surface area contributed by atoms with Gasteiger partial charge in [-0.15, -0.1) is 0 Å². The first-order chi connectivity index (χ1) is 12.7. The van der Waals surface area contributed by atoms with Crippen LogP contribution in [0.15, 0.2) is 48.8 Å². The first kappa shape index (κ1) is 16.0. The largest absolute Gasteiger partial charge is 0.454 e. The van der Waals surface area contributed by atoms with Crippen molar-refractivity contribution in [1.29, 1.82) is 0 Å². The molecule has 7 nitrogen and oxygen atoms in total. The first-order valence-corrected chi connectivity index (χ1v) is 8.36. The number of aryl methyl sites for hydroxylation is 1. The second-order valence-corrected chi connectivity index (χ2v) is 5.81. The minimum Gasteiger partial charge on any atom is -0.454 e. The SMILES string of the molecule is CCc1ccccc1Nc1ncnc(Nc2ccc3c(c2)OCO3)c1N. The van der Waals surface area contributed by atoms with Crippen LogP contribution in [0.1, 0.15) is 12.5 Å². The number of fused-ring (bicyclic) bond motifs is 1. The molecule has 2 heterocycles. The van der Waals surface area contributed by atoms with Gasteiger partial charge in [0.25, 0.3) is 0 Å². The van der Waals surface area contributed by atoms with Crippen molar-refractivity contribution in [3.63, 3.8) is 0 Å². The zero-order chi connectivity index (χ0) is 17.9. The monoisotopic (exact) mass is 349 g/mol. The van der Waals surface area contributed by atoms with Crippen LogP contribution in [0.5, 0.6) is 11.5 Å². The number of hydrogen-bond donors (Lipinski definition) is 3. The highest BCUT2D eigenvalue weighted by Gasteiger charge is 2.15. The molecule has 0 unspecified atom stereocenters. The molecular weight excluding hydrogens is 330 g/mol. The normalized spacial score (nSPS) is 12.0. The molecule has 1 aromatic heterocycles. The van der Waals surface area contributed by atoms with Crippen molar-refractivity contribution < 1.29 is 9.47 Å². The minimum absolute atomic E-state index is 0.235. The fourth-order valence-corrected chi connectivity index (χ4v) is 2.78. The summed E-state index contributed by atoms with van der Waals surface area (Å²) in [5, 5.41) is 6.50. The molecule has 1 aliphatic heterocycles. The minimum atomic E-state index is 0.235. The number of aromatic nitrogens is 2. The van der Waals surface area contributed by atoms with Gasteiger partial charge in [-0.3, -0.25) is 0 Å². The van der Waals surface area contributed by atoms with E-state index in [1.54, 1.807) is 0 Å². The Bertz CT molecular complexity index is 945. The molecular formula is C19H19N5O2. The Labute approximate surface area is 151 Å². The fraction of sp³-hybridized carbons (Fsp3) is 0.158. The number of nitrogens with zero attached hydrogens (tertiary/aromatic N) is 2. The van der Waals surface area contributed by atoms with E-state index < -0.39 is 0 Å². The molecule has 0 saturated heterocycles. The average molecular weight is 349 g/mol. The topological polar surface area (TPSA) is 94.3 Å². The van der Waals surface area contributed by atoms with Crippen molar-refractivity contribution in [2.45, 2.75) is 13.3 Å². The van der Waals surface area contributed by atoms with E-state index in [1.807, 2.05) is 36.4 Å². The summed E-state index contributed by atoms with van der Waals surface area (Å²) in [5.74, 6) is 2.50. The second kappa shape index (κ2) is 6.79. The fourth-order valence-electron chi connectivity index (χ4n) is 2.78. The van der Waals surface area contributed by atoms with Crippen LogP contribution in [0.4, 0.5) is 28.7 Å². The van der Waals surface area contributed by atoms with Gasteiger partial charge in [-0.1, -0.05) is 25.1 Å². The second-order valence-electron chi connectivity index (χ2n) is 5.81. The Hall–Kier alpha value is -3.48. The first-order valence-electron chi connectivity index (χ1n) is 8.36. The lowest BCUT2D eigenvalue weighted by atomic mass is 10.1. The molecule has 0 amide bonds. The van der Waals surface area contributed by atoms with Crippen LogP contribution in [-0.4, -0.2) is 16.8 Å². The summed E-state index contributed by atoms with van der Waals surface area (Å²) in [6, 6.07) is 13.7. The maximum Gasteiger partial charge on any atom is 0.231 e. The molecule has 4 rings (SSSR count). The zero-order valence-electron chi connectivity index (χ0n) is 14.3. The highest BCUT2D eigenvalue weighted by atomic mass is 16.7. The van der Waals surface area contributed by atoms with E-state index in [9.17, 15) is 0 Å². The van der Waals surface area contributed by atoms with Gasteiger partial charge in [0.15, 0.2) is 23.1 Å². The van der Waals surface area contributed by atoms with Crippen molar-refractivity contribution in [2.75, 3.05) is 23.2 Å². The van der Waals surface area contributed by atoms with E-state index in [2.05, 4.69) is 33.6 Å². The molecule has 26 heavy (non-hydrogen) atoms. The van der Waals surface area contributed by atoms with Gasteiger partial charge >= 0.3 is 0 Å². The Morgan fingerprint density at radius 3 is 2.62 bits per heavy atom. The van der Waals surface area contributed by atoms with Crippen LogP contribution in [0.3, 0.4) is 0 Å². The van der Waals surface area contributed by atoms with Gasteiger partial charge in [0.1, 0.15) is 12.0 Å². The standard InChI is InChI=1S/C19H19N5O2/c1-2-12-5-3-4-6-14(12)24-19-17(20)18(21-10-22-19)23-13-7-8-15-16(9-13)26-11-25-15/h3-10H,2,11,20H2,1H3,(H2,21,22,23,24). The number of para-hydroxylation sites is 1. The molecule has 2 aromatic carbocycles. The summed E-state index contributed by atoms with van der Waals surface area (Å²) in [6.45, 7) is 2.34. The molecule has 1 aliphatic rings. The third-order valence-corrected chi connectivity index (χ3v) is 4.17. The van der Waals surface area contributed by atoms with Gasteiger partial charge in [0.05, 0.1) is 0 Å². The number of nitrogen functional groups attached to an aromatic ring is 1.